The molecule has 0 aromatic heterocycles. The molecular weight excluding hydrogens is 272 g/mol. The molecule has 0 fully saturated rings. The Kier molecular flexibility index (Phi) is 6.50. The highest BCUT2D eigenvalue weighted by Crippen LogP contribution is 2.16. The number of hydrogen-bond donors (Lipinski definition) is 0. The third kappa shape index (κ3) is 4.80. The van der Waals surface area contributed by atoms with E-state index >= 15 is 0 Å². The standard InChI is InChI=1S/C16H25ClN2O/c1-12(2)19(13(3)4)16(20)11-18(5)10-14-8-6-7-9-15(14)17/h6-9,12-13H,10-11H2,1-5H3. The van der Waals surface area contributed by atoms with Gasteiger partial charge in [0.2, 0.25) is 5.91 Å². The van der Waals surface area contributed by atoms with Crippen molar-refractivity contribution >= 4 is 17.5 Å². The lowest BCUT2D eigenvalue weighted by molar-refractivity contribution is -0.135. The van der Waals surface area contributed by atoms with Crippen LogP contribution in [0.15, 0.2) is 24.3 Å². The van der Waals surface area contributed by atoms with Gasteiger partial charge >= 0.3 is 0 Å². The van der Waals surface area contributed by atoms with Gasteiger partial charge in [-0.25, -0.2) is 0 Å². The van der Waals surface area contributed by atoms with Crippen molar-refractivity contribution in [2.24, 2.45) is 0 Å². The molecule has 1 amide bonds. The molecule has 0 N–H and O–H groups in total. The van der Waals surface area contributed by atoms with Gasteiger partial charge in [0.1, 0.15) is 0 Å². The van der Waals surface area contributed by atoms with E-state index in [0.29, 0.717) is 13.1 Å². The van der Waals surface area contributed by atoms with Crippen LogP contribution in [0.3, 0.4) is 0 Å². The first-order chi connectivity index (χ1) is 9.32. The van der Waals surface area contributed by atoms with Crippen molar-refractivity contribution in [1.82, 2.24) is 9.80 Å². The summed E-state index contributed by atoms with van der Waals surface area (Å²) in [5.74, 6) is 0.157. The van der Waals surface area contributed by atoms with E-state index in [0.717, 1.165) is 10.6 Å². The van der Waals surface area contributed by atoms with Crippen LogP contribution in [-0.4, -0.2) is 41.4 Å². The Morgan fingerprint density at radius 1 is 1.15 bits per heavy atom. The van der Waals surface area contributed by atoms with Crippen LogP contribution in [-0.2, 0) is 11.3 Å². The van der Waals surface area contributed by atoms with Crippen molar-refractivity contribution < 1.29 is 4.79 Å². The van der Waals surface area contributed by atoms with Gasteiger partial charge in [0, 0.05) is 23.7 Å². The van der Waals surface area contributed by atoms with Gasteiger partial charge in [-0.3, -0.25) is 9.69 Å². The Labute approximate surface area is 127 Å². The van der Waals surface area contributed by atoms with Crippen LogP contribution in [0.2, 0.25) is 5.02 Å². The monoisotopic (exact) mass is 296 g/mol. The molecule has 0 aliphatic carbocycles. The number of amides is 1. The SMILES string of the molecule is CC(C)N(C(=O)CN(C)Cc1ccccc1Cl)C(C)C. The zero-order valence-electron chi connectivity index (χ0n) is 13.1. The van der Waals surface area contributed by atoms with Crippen LogP contribution in [0.25, 0.3) is 0 Å². The molecule has 0 saturated heterocycles. The molecule has 0 aliphatic rings. The van der Waals surface area contributed by atoms with Gasteiger partial charge in [-0.05, 0) is 46.4 Å². The predicted octanol–water partition coefficient (Wildman–Crippen LogP) is 3.42. The average Bonchev–Trinajstić information content (AvgIpc) is 2.30. The summed E-state index contributed by atoms with van der Waals surface area (Å²) in [4.78, 5) is 16.3. The molecule has 0 unspecified atom stereocenters. The summed E-state index contributed by atoms with van der Waals surface area (Å²) in [6.45, 7) is 9.27. The highest BCUT2D eigenvalue weighted by Gasteiger charge is 2.21. The van der Waals surface area contributed by atoms with E-state index < -0.39 is 0 Å². The third-order valence-electron chi connectivity index (χ3n) is 3.20. The van der Waals surface area contributed by atoms with Crippen LogP contribution >= 0.6 is 11.6 Å². The summed E-state index contributed by atoms with van der Waals surface area (Å²) >= 11 is 6.15. The second-order valence-electron chi connectivity index (χ2n) is 5.75. The highest BCUT2D eigenvalue weighted by atomic mass is 35.5. The maximum atomic E-state index is 12.4. The van der Waals surface area contributed by atoms with Crippen molar-refractivity contribution in [2.45, 2.75) is 46.3 Å². The molecule has 3 nitrogen and oxygen atoms in total. The van der Waals surface area contributed by atoms with Crippen molar-refractivity contribution in [2.75, 3.05) is 13.6 Å². The van der Waals surface area contributed by atoms with E-state index in [1.165, 1.54) is 0 Å². The second kappa shape index (κ2) is 7.65. The van der Waals surface area contributed by atoms with E-state index in [1.54, 1.807) is 0 Å². The molecule has 4 heteroatoms. The van der Waals surface area contributed by atoms with Gasteiger partial charge in [-0.1, -0.05) is 29.8 Å². The maximum absolute atomic E-state index is 12.4. The maximum Gasteiger partial charge on any atom is 0.237 e. The molecule has 0 bridgehead atoms. The fraction of sp³-hybridized carbons (Fsp3) is 0.562. The number of benzene rings is 1. The van der Waals surface area contributed by atoms with Gasteiger partial charge in [0.15, 0.2) is 0 Å². The Morgan fingerprint density at radius 3 is 2.20 bits per heavy atom. The number of rotatable bonds is 6. The normalized spacial score (nSPS) is 11.4. The fourth-order valence-corrected chi connectivity index (χ4v) is 2.65. The largest absolute Gasteiger partial charge is 0.337 e. The molecule has 1 aromatic carbocycles. The minimum Gasteiger partial charge on any atom is -0.337 e. The Bertz CT molecular complexity index is 438. The molecular formula is C16H25ClN2O. The first-order valence-electron chi connectivity index (χ1n) is 7.06. The summed E-state index contributed by atoms with van der Waals surface area (Å²) < 4.78 is 0. The quantitative estimate of drug-likeness (QED) is 0.803. The minimum absolute atomic E-state index is 0.157. The molecule has 0 radical (unpaired) electrons. The first-order valence-corrected chi connectivity index (χ1v) is 7.43. The van der Waals surface area contributed by atoms with E-state index in [9.17, 15) is 4.79 Å². The minimum atomic E-state index is 0.157. The van der Waals surface area contributed by atoms with Gasteiger partial charge in [-0.2, -0.15) is 0 Å². The van der Waals surface area contributed by atoms with Crippen LogP contribution < -0.4 is 0 Å². The van der Waals surface area contributed by atoms with Crippen molar-refractivity contribution in [3.8, 4) is 0 Å². The van der Waals surface area contributed by atoms with Crippen molar-refractivity contribution in [3.05, 3.63) is 34.9 Å². The number of nitrogens with zero attached hydrogens (tertiary/aromatic N) is 2. The number of carbonyl (C=O) groups is 1. The van der Waals surface area contributed by atoms with Gasteiger partial charge in [-0.15, -0.1) is 0 Å². The Balaban J connectivity index is 2.64. The molecule has 1 aromatic rings. The highest BCUT2D eigenvalue weighted by molar-refractivity contribution is 6.31. The van der Waals surface area contributed by atoms with Crippen LogP contribution in [0.4, 0.5) is 0 Å². The molecule has 20 heavy (non-hydrogen) atoms. The van der Waals surface area contributed by atoms with Crippen LogP contribution in [0.1, 0.15) is 33.3 Å². The van der Waals surface area contributed by atoms with Gasteiger partial charge < -0.3 is 4.90 Å². The van der Waals surface area contributed by atoms with Crippen molar-refractivity contribution in [1.29, 1.82) is 0 Å². The summed E-state index contributed by atoms with van der Waals surface area (Å²) in [7, 11) is 1.94. The predicted molar refractivity (Wildman–Crippen MR) is 84.9 cm³/mol. The fourth-order valence-electron chi connectivity index (χ4n) is 2.46. The lowest BCUT2D eigenvalue weighted by Gasteiger charge is -2.32. The Hall–Kier alpha value is -1.06. The first kappa shape index (κ1) is 17.0. The second-order valence-corrected chi connectivity index (χ2v) is 6.16. The van der Waals surface area contributed by atoms with E-state index in [-0.39, 0.29) is 18.0 Å². The molecule has 112 valence electrons. The molecule has 0 spiro atoms. The third-order valence-corrected chi connectivity index (χ3v) is 3.57. The summed E-state index contributed by atoms with van der Waals surface area (Å²) in [5, 5.41) is 0.747. The number of likely N-dealkylation sites (N-methyl/N-ethyl adjacent to an activating group) is 1. The zero-order valence-corrected chi connectivity index (χ0v) is 13.8. The lowest BCUT2D eigenvalue weighted by atomic mass is 10.2. The average molecular weight is 297 g/mol. The summed E-state index contributed by atoms with van der Waals surface area (Å²) in [6.07, 6.45) is 0. The topological polar surface area (TPSA) is 23.6 Å². The summed E-state index contributed by atoms with van der Waals surface area (Å²) in [5.41, 5.74) is 1.05. The molecule has 1 rings (SSSR count). The van der Waals surface area contributed by atoms with Gasteiger partial charge in [0.05, 0.1) is 6.54 Å². The number of halogens is 1. The molecule has 0 aliphatic heterocycles. The molecule has 0 heterocycles. The lowest BCUT2D eigenvalue weighted by Crippen LogP contribution is -2.46. The van der Waals surface area contributed by atoms with E-state index in [2.05, 4.69) is 0 Å². The number of carbonyl (C=O) groups excluding carboxylic acids is 1. The van der Waals surface area contributed by atoms with E-state index in [4.69, 9.17) is 11.6 Å². The Morgan fingerprint density at radius 2 is 1.70 bits per heavy atom. The van der Waals surface area contributed by atoms with Crippen molar-refractivity contribution in [3.63, 3.8) is 0 Å². The van der Waals surface area contributed by atoms with Crippen LogP contribution in [0.5, 0.6) is 0 Å². The summed E-state index contributed by atoms with van der Waals surface area (Å²) in [6, 6.07) is 8.18. The van der Waals surface area contributed by atoms with Gasteiger partial charge in [0.25, 0.3) is 0 Å². The van der Waals surface area contributed by atoms with Crippen LogP contribution in [0, 0.1) is 0 Å². The van der Waals surface area contributed by atoms with E-state index in [1.807, 2.05) is 68.8 Å². The molecule has 0 saturated carbocycles. The zero-order chi connectivity index (χ0) is 15.3. The number of hydrogen-bond acceptors (Lipinski definition) is 2. The smallest absolute Gasteiger partial charge is 0.237 e. The molecule has 0 atom stereocenters.